The van der Waals surface area contributed by atoms with E-state index in [1.807, 2.05) is 27.7 Å². The fourth-order valence-corrected chi connectivity index (χ4v) is 1.16. The second-order valence-electron chi connectivity index (χ2n) is 3.38. The first-order valence-electron chi connectivity index (χ1n) is 7.39. The molecule has 1 amide bonds. The molecule has 112 valence electrons. The van der Waals surface area contributed by atoms with Crippen LogP contribution in [0, 0.1) is 0 Å². The van der Waals surface area contributed by atoms with Crippen LogP contribution in [0.25, 0.3) is 0 Å². The van der Waals surface area contributed by atoms with Gasteiger partial charge in [-0.15, -0.1) is 0 Å². The molecule has 0 aliphatic carbocycles. The third kappa shape index (κ3) is 24.6. The minimum Gasteiger partial charge on any atom is -0.356 e. The molecule has 0 fully saturated rings. The van der Waals surface area contributed by atoms with E-state index in [-0.39, 0.29) is 5.91 Å². The third-order valence-electron chi connectivity index (χ3n) is 2.02. The lowest BCUT2D eigenvalue weighted by molar-refractivity contribution is -0.121. The lowest BCUT2D eigenvalue weighted by atomic mass is 10.2. The van der Waals surface area contributed by atoms with Crippen molar-refractivity contribution >= 4 is 5.91 Å². The van der Waals surface area contributed by atoms with E-state index in [0.717, 1.165) is 25.8 Å². The molecule has 18 heavy (non-hydrogen) atoms. The van der Waals surface area contributed by atoms with Crippen LogP contribution in [0.4, 0.5) is 0 Å². The lowest BCUT2D eigenvalue weighted by Gasteiger charge is -2.03. The predicted octanol–water partition coefficient (Wildman–Crippen LogP) is 3.41. The second kappa shape index (κ2) is 25.3. The van der Waals surface area contributed by atoms with Gasteiger partial charge in [0.2, 0.25) is 5.91 Å². The average Bonchev–Trinajstić information content (AvgIpc) is 2.44. The number of rotatable bonds is 9. The predicted molar refractivity (Wildman–Crippen MR) is 79.2 cm³/mol. The van der Waals surface area contributed by atoms with Gasteiger partial charge in [0.15, 0.2) is 0 Å². The van der Waals surface area contributed by atoms with Crippen LogP contribution in [-0.4, -0.2) is 19.1 Å². The summed E-state index contributed by atoms with van der Waals surface area (Å²) in [6.45, 7) is 11.5. The van der Waals surface area contributed by atoms with E-state index in [1.54, 1.807) is 0 Å². The van der Waals surface area contributed by atoms with Crippen molar-refractivity contribution in [2.24, 2.45) is 5.90 Å². The van der Waals surface area contributed by atoms with Gasteiger partial charge in [-0.1, -0.05) is 47.5 Å². The van der Waals surface area contributed by atoms with Crippen molar-refractivity contribution < 1.29 is 9.63 Å². The fourth-order valence-electron chi connectivity index (χ4n) is 1.16. The molecule has 0 aromatic carbocycles. The Morgan fingerprint density at radius 3 is 2.17 bits per heavy atom. The van der Waals surface area contributed by atoms with Crippen LogP contribution in [0.1, 0.15) is 73.1 Å². The van der Waals surface area contributed by atoms with Gasteiger partial charge in [-0.2, -0.15) is 0 Å². The SMILES string of the molecule is CC.CC.CCCCCNC(=O)CCCCON. The minimum absolute atomic E-state index is 0.137. The van der Waals surface area contributed by atoms with Crippen molar-refractivity contribution in [1.82, 2.24) is 5.32 Å². The molecular weight excluding hydrogens is 228 g/mol. The van der Waals surface area contributed by atoms with Crippen LogP contribution in [-0.2, 0) is 9.63 Å². The Morgan fingerprint density at radius 1 is 1.06 bits per heavy atom. The van der Waals surface area contributed by atoms with E-state index < -0.39 is 0 Å². The number of carbonyl (C=O) groups excluding carboxylic acids is 1. The largest absolute Gasteiger partial charge is 0.356 e. The summed E-state index contributed by atoms with van der Waals surface area (Å²) in [7, 11) is 0. The van der Waals surface area contributed by atoms with Crippen LogP contribution < -0.4 is 11.2 Å². The van der Waals surface area contributed by atoms with E-state index in [1.165, 1.54) is 12.8 Å². The molecule has 0 saturated heterocycles. The van der Waals surface area contributed by atoms with Crippen LogP contribution in [0.5, 0.6) is 0 Å². The Hall–Kier alpha value is -0.610. The van der Waals surface area contributed by atoms with Gasteiger partial charge in [0, 0.05) is 13.0 Å². The number of nitrogens with one attached hydrogen (secondary N) is 1. The molecule has 0 rings (SSSR count). The molecule has 0 aromatic heterocycles. The Balaban J connectivity index is -0.000000506. The summed E-state index contributed by atoms with van der Waals surface area (Å²) in [4.78, 5) is 15.6. The molecule has 0 radical (unpaired) electrons. The van der Waals surface area contributed by atoms with Crippen LogP contribution >= 0.6 is 0 Å². The second-order valence-corrected chi connectivity index (χ2v) is 3.38. The summed E-state index contributed by atoms with van der Waals surface area (Å²) in [5, 5.41) is 2.88. The first kappa shape index (κ1) is 22.6. The summed E-state index contributed by atoms with van der Waals surface area (Å²) in [6, 6.07) is 0. The molecular formula is C14H34N2O2. The van der Waals surface area contributed by atoms with Gasteiger partial charge in [0.25, 0.3) is 0 Å². The monoisotopic (exact) mass is 262 g/mol. The number of carbonyl (C=O) groups is 1. The van der Waals surface area contributed by atoms with Crippen LogP contribution in [0.15, 0.2) is 0 Å². The van der Waals surface area contributed by atoms with Crippen molar-refractivity contribution in [2.45, 2.75) is 73.1 Å². The van der Waals surface area contributed by atoms with Crippen LogP contribution in [0.3, 0.4) is 0 Å². The van der Waals surface area contributed by atoms with Crippen molar-refractivity contribution in [3.63, 3.8) is 0 Å². The topological polar surface area (TPSA) is 64.3 Å². The molecule has 0 unspecified atom stereocenters. The van der Waals surface area contributed by atoms with Crippen molar-refractivity contribution in [2.75, 3.05) is 13.2 Å². The molecule has 3 N–H and O–H groups in total. The van der Waals surface area contributed by atoms with Crippen molar-refractivity contribution in [3.8, 4) is 0 Å². The summed E-state index contributed by atoms with van der Waals surface area (Å²) in [5.41, 5.74) is 0. The number of amides is 1. The Labute approximate surface area is 114 Å². The zero-order valence-electron chi connectivity index (χ0n) is 13.1. The summed E-state index contributed by atoms with van der Waals surface area (Å²) >= 11 is 0. The average molecular weight is 262 g/mol. The first-order valence-corrected chi connectivity index (χ1v) is 7.39. The van der Waals surface area contributed by atoms with Gasteiger partial charge in [0.1, 0.15) is 0 Å². The Kier molecular flexibility index (Phi) is 31.7. The molecule has 4 heteroatoms. The normalized spacial score (nSPS) is 8.56. The maximum atomic E-state index is 11.2. The van der Waals surface area contributed by atoms with E-state index in [0.29, 0.717) is 13.0 Å². The smallest absolute Gasteiger partial charge is 0.219 e. The number of hydrogen-bond acceptors (Lipinski definition) is 3. The molecule has 4 nitrogen and oxygen atoms in total. The van der Waals surface area contributed by atoms with E-state index in [4.69, 9.17) is 5.90 Å². The van der Waals surface area contributed by atoms with Crippen LogP contribution in [0.2, 0.25) is 0 Å². The highest BCUT2D eigenvalue weighted by atomic mass is 16.6. The molecule has 0 atom stereocenters. The quantitative estimate of drug-likeness (QED) is 0.494. The molecule has 0 aromatic rings. The Bertz CT molecular complexity index is 128. The summed E-state index contributed by atoms with van der Waals surface area (Å²) < 4.78 is 0. The lowest BCUT2D eigenvalue weighted by Crippen LogP contribution is -2.24. The zero-order chi connectivity index (χ0) is 14.6. The molecule has 0 aliphatic rings. The zero-order valence-corrected chi connectivity index (χ0v) is 13.1. The standard InChI is InChI=1S/C10H22N2O2.2C2H6/c1-2-3-5-8-12-10(13)7-4-6-9-14-11;2*1-2/h2-9,11H2,1H3,(H,12,13);2*1-2H3. The van der Waals surface area contributed by atoms with Gasteiger partial charge < -0.3 is 10.2 Å². The van der Waals surface area contributed by atoms with Crippen molar-refractivity contribution in [1.29, 1.82) is 0 Å². The molecule has 0 spiro atoms. The van der Waals surface area contributed by atoms with Gasteiger partial charge in [-0.3, -0.25) is 4.79 Å². The van der Waals surface area contributed by atoms with Gasteiger partial charge in [-0.05, 0) is 19.3 Å². The van der Waals surface area contributed by atoms with Gasteiger partial charge in [0.05, 0.1) is 6.61 Å². The van der Waals surface area contributed by atoms with Crippen molar-refractivity contribution in [3.05, 3.63) is 0 Å². The molecule has 0 aliphatic heterocycles. The van der Waals surface area contributed by atoms with E-state index >= 15 is 0 Å². The maximum Gasteiger partial charge on any atom is 0.219 e. The van der Waals surface area contributed by atoms with Gasteiger partial charge >= 0.3 is 0 Å². The fraction of sp³-hybridized carbons (Fsp3) is 0.929. The highest BCUT2D eigenvalue weighted by Crippen LogP contribution is 1.96. The summed E-state index contributed by atoms with van der Waals surface area (Å²) in [5.74, 6) is 5.00. The summed E-state index contributed by atoms with van der Waals surface area (Å²) in [6.07, 6.45) is 5.71. The highest BCUT2D eigenvalue weighted by Gasteiger charge is 1.99. The van der Waals surface area contributed by atoms with E-state index in [9.17, 15) is 4.79 Å². The number of hydrogen-bond donors (Lipinski definition) is 2. The number of nitrogens with two attached hydrogens (primary N) is 1. The minimum atomic E-state index is 0.137. The Morgan fingerprint density at radius 2 is 1.67 bits per heavy atom. The van der Waals surface area contributed by atoms with E-state index in [2.05, 4.69) is 17.1 Å². The number of unbranched alkanes of at least 4 members (excludes halogenated alkanes) is 3. The van der Waals surface area contributed by atoms with Gasteiger partial charge in [-0.25, -0.2) is 5.90 Å². The maximum absolute atomic E-state index is 11.2. The first-order chi connectivity index (χ1) is 8.81. The molecule has 0 saturated carbocycles. The molecule has 0 heterocycles. The highest BCUT2D eigenvalue weighted by molar-refractivity contribution is 5.75. The third-order valence-corrected chi connectivity index (χ3v) is 2.02. The molecule has 0 bridgehead atoms.